The lowest BCUT2D eigenvalue weighted by atomic mass is 10.1. The Hall–Kier alpha value is -0.570. The SMILES string of the molecule is CCCCCCCCNc1ccc(Br)cn1. The lowest BCUT2D eigenvalue weighted by molar-refractivity contribution is 0.617. The molecule has 0 bridgehead atoms. The van der Waals surface area contributed by atoms with Gasteiger partial charge in [-0.25, -0.2) is 4.98 Å². The van der Waals surface area contributed by atoms with E-state index in [1.165, 1.54) is 38.5 Å². The lowest BCUT2D eigenvalue weighted by Crippen LogP contribution is -2.02. The maximum absolute atomic E-state index is 4.27. The van der Waals surface area contributed by atoms with E-state index >= 15 is 0 Å². The summed E-state index contributed by atoms with van der Waals surface area (Å²) >= 11 is 3.37. The molecule has 0 aliphatic rings. The summed E-state index contributed by atoms with van der Waals surface area (Å²) in [6.07, 6.45) is 9.83. The van der Waals surface area contributed by atoms with Gasteiger partial charge in [-0.3, -0.25) is 0 Å². The first-order valence-corrected chi connectivity index (χ1v) is 6.97. The van der Waals surface area contributed by atoms with E-state index < -0.39 is 0 Å². The van der Waals surface area contributed by atoms with Crippen LogP contribution in [0.4, 0.5) is 5.82 Å². The minimum Gasteiger partial charge on any atom is -0.370 e. The van der Waals surface area contributed by atoms with Crippen LogP contribution in [0.15, 0.2) is 22.8 Å². The Morgan fingerprint density at radius 1 is 1.12 bits per heavy atom. The first-order chi connectivity index (χ1) is 7.83. The number of hydrogen-bond donors (Lipinski definition) is 1. The standard InChI is InChI=1S/C13H21BrN2/c1-2-3-4-5-6-7-10-15-13-9-8-12(14)11-16-13/h8-9,11H,2-7,10H2,1H3,(H,15,16). The van der Waals surface area contributed by atoms with Crippen molar-refractivity contribution in [2.24, 2.45) is 0 Å². The molecular formula is C13H21BrN2. The monoisotopic (exact) mass is 284 g/mol. The zero-order chi connectivity index (χ0) is 11.6. The van der Waals surface area contributed by atoms with Gasteiger partial charge in [-0.2, -0.15) is 0 Å². The van der Waals surface area contributed by atoms with Gasteiger partial charge in [0.15, 0.2) is 0 Å². The van der Waals surface area contributed by atoms with Crippen LogP contribution in [-0.4, -0.2) is 11.5 Å². The van der Waals surface area contributed by atoms with Gasteiger partial charge in [-0.05, 0) is 34.5 Å². The van der Waals surface area contributed by atoms with Crippen LogP contribution >= 0.6 is 15.9 Å². The maximum Gasteiger partial charge on any atom is 0.125 e. The van der Waals surface area contributed by atoms with Crippen molar-refractivity contribution in [2.45, 2.75) is 45.4 Å². The van der Waals surface area contributed by atoms with Gasteiger partial charge in [-0.1, -0.05) is 39.0 Å². The molecule has 90 valence electrons. The summed E-state index contributed by atoms with van der Waals surface area (Å²) in [6, 6.07) is 4.01. The Bertz CT molecular complexity index is 272. The van der Waals surface area contributed by atoms with Crippen LogP contribution in [0.5, 0.6) is 0 Å². The molecule has 0 radical (unpaired) electrons. The molecule has 16 heavy (non-hydrogen) atoms. The Labute approximate surface area is 107 Å². The van der Waals surface area contributed by atoms with E-state index in [0.29, 0.717) is 0 Å². The van der Waals surface area contributed by atoms with Gasteiger partial charge >= 0.3 is 0 Å². The summed E-state index contributed by atoms with van der Waals surface area (Å²) in [5.74, 6) is 0.969. The smallest absolute Gasteiger partial charge is 0.125 e. The second-order valence-electron chi connectivity index (χ2n) is 4.06. The third-order valence-electron chi connectivity index (χ3n) is 2.56. The molecule has 0 atom stereocenters. The first-order valence-electron chi connectivity index (χ1n) is 6.18. The normalized spacial score (nSPS) is 10.4. The molecule has 1 aromatic rings. The van der Waals surface area contributed by atoms with Crippen molar-refractivity contribution in [1.29, 1.82) is 0 Å². The Kier molecular flexibility index (Phi) is 7.23. The van der Waals surface area contributed by atoms with E-state index in [-0.39, 0.29) is 0 Å². The number of halogens is 1. The molecule has 2 nitrogen and oxygen atoms in total. The summed E-state index contributed by atoms with van der Waals surface area (Å²) in [5, 5.41) is 3.33. The van der Waals surface area contributed by atoms with Crippen molar-refractivity contribution in [1.82, 2.24) is 4.98 Å². The highest BCUT2D eigenvalue weighted by molar-refractivity contribution is 9.10. The number of anilines is 1. The molecule has 0 unspecified atom stereocenters. The predicted molar refractivity (Wildman–Crippen MR) is 73.8 cm³/mol. The molecule has 0 saturated carbocycles. The largest absolute Gasteiger partial charge is 0.370 e. The number of unbranched alkanes of at least 4 members (excludes halogenated alkanes) is 5. The van der Waals surface area contributed by atoms with E-state index in [0.717, 1.165) is 16.8 Å². The second kappa shape index (κ2) is 8.57. The second-order valence-corrected chi connectivity index (χ2v) is 4.97. The fourth-order valence-corrected chi connectivity index (χ4v) is 1.84. The van der Waals surface area contributed by atoms with Gasteiger partial charge in [0.25, 0.3) is 0 Å². The van der Waals surface area contributed by atoms with E-state index in [1.807, 2.05) is 18.3 Å². The summed E-state index contributed by atoms with van der Waals surface area (Å²) in [7, 11) is 0. The quantitative estimate of drug-likeness (QED) is 0.705. The molecule has 1 aromatic heterocycles. The molecule has 3 heteroatoms. The Balaban J connectivity index is 2.01. The number of aromatic nitrogens is 1. The van der Waals surface area contributed by atoms with Gasteiger partial charge in [0.05, 0.1) is 0 Å². The number of hydrogen-bond acceptors (Lipinski definition) is 2. The van der Waals surface area contributed by atoms with Gasteiger partial charge in [0.1, 0.15) is 5.82 Å². The van der Waals surface area contributed by atoms with E-state index in [2.05, 4.69) is 33.2 Å². The Morgan fingerprint density at radius 3 is 2.56 bits per heavy atom. The maximum atomic E-state index is 4.27. The van der Waals surface area contributed by atoms with Crippen molar-refractivity contribution in [3.63, 3.8) is 0 Å². The fourth-order valence-electron chi connectivity index (χ4n) is 1.60. The molecule has 1 rings (SSSR count). The highest BCUT2D eigenvalue weighted by Crippen LogP contribution is 2.11. The van der Waals surface area contributed by atoms with Crippen LogP contribution in [0.3, 0.4) is 0 Å². The van der Waals surface area contributed by atoms with E-state index in [9.17, 15) is 0 Å². The summed E-state index contributed by atoms with van der Waals surface area (Å²) < 4.78 is 1.03. The molecule has 0 fully saturated rings. The molecule has 0 spiro atoms. The van der Waals surface area contributed by atoms with Crippen LogP contribution in [0, 0.1) is 0 Å². The summed E-state index contributed by atoms with van der Waals surface area (Å²) in [6.45, 7) is 3.28. The highest BCUT2D eigenvalue weighted by atomic mass is 79.9. The lowest BCUT2D eigenvalue weighted by Gasteiger charge is -2.05. The van der Waals surface area contributed by atoms with Gasteiger partial charge in [-0.15, -0.1) is 0 Å². The van der Waals surface area contributed by atoms with Crippen LogP contribution in [0.2, 0.25) is 0 Å². The predicted octanol–water partition coefficient (Wildman–Crippen LogP) is 4.62. The van der Waals surface area contributed by atoms with Crippen molar-refractivity contribution in [3.8, 4) is 0 Å². The average molecular weight is 285 g/mol. The number of nitrogens with zero attached hydrogens (tertiary/aromatic N) is 1. The third-order valence-corrected chi connectivity index (χ3v) is 3.03. The minimum atomic E-state index is 0.969. The van der Waals surface area contributed by atoms with Gasteiger partial charge < -0.3 is 5.32 Å². The van der Waals surface area contributed by atoms with Crippen molar-refractivity contribution in [2.75, 3.05) is 11.9 Å². The molecule has 1 heterocycles. The van der Waals surface area contributed by atoms with Crippen LogP contribution in [0.1, 0.15) is 45.4 Å². The molecule has 0 aliphatic heterocycles. The van der Waals surface area contributed by atoms with Gasteiger partial charge in [0, 0.05) is 17.2 Å². The molecular weight excluding hydrogens is 264 g/mol. The Morgan fingerprint density at radius 2 is 1.88 bits per heavy atom. The summed E-state index contributed by atoms with van der Waals surface area (Å²) in [4.78, 5) is 4.27. The molecule has 1 N–H and O–H groups in total. The van der Waals surface area contributed by atoms with Crippen LogP contribution < -0.4 is 5.32 Å². The average Bonchev–Trinajstić information content (AvgIpc) is 2.30. The van der Waals surface area contributed by atoms with Crippen LogP contribution in [0.25, 0.3) is 0 Å². The number of nitrogens with one attached hydrogen (secondary N) is 1. The number of rotatable bonds is 8. The zero-order valence-electron chi connectivity index (χ0n) is 10.0. The third kappa shape index (κ3) is 6.11. The molecule has 0 saturated heterocycles. The number of pyridine rings is 1. The summed E-state index contributed by atoms with van der Waals surface area (Å²) in [5.41, 5.74) is 0. The highest BCUT2D eigenvalue weighted by Gasteiger charge is 1.93. The van der Waals surface area contributed by atoms with E-state index in [4.69, 9.17) is 0 Å². The molecule has 0 aliphatic carbocycles. The zero-order valence-corrected chi connectivity index (χ0v) is 11.6. The fraction of sp³-hybridized carbons (Fsp3) is 0.615. The first kappa shape index (κ1) is 13.5. The molecule has 0 amide bonds. The molecule has 0 aromatic carbocycles. The van der Waals surface area contributed by atoms with E-state index in [1.54, 1.807) is 0 Å². The van der Waals surface area contributed by atoms with Crippen molar-refractivity contribution in [3.05, 3.63) is 22.8 Å². The van der Waals surface area contributed by atoms with Crippen molar-refractivity contribution < 1.29 is 0 Å². The topological polar surface area (TPSA) is 24.9 Å². The minimum absolute atomic E-state index is 0.969. The van der Waals surface area contributed by atoms with Gasteiger partial charge in [0.2, 0.25) is 0 Å². The van der Waals surface area contributed by atoms with Crippen molar-refractivity contribution >= 4 is 21.7 Å². The van der Waals surface area contributed by atoms with Crippen LogP contribution in [-0.2, 0) is 0 Å².